The average molecular weight is 432 g/mol. The molecule has 0 saturated carbocycles. The number of hydrogen-bond acceptors (Lipinski definition) is 3. The van der Waals surface area contributed by atoms with Crippen LogP contribution in [0.4, 0.5) is 5.69 Å². The molecule has 0 unspecified atom stereocenters. The number of furan rings is 1. The molecule has 0 N–H and O–H groups in total. The first-order valence-electron chi connectivity index (χ1n) is 5.46. The second-order valence-corrected chi connectivity index (χ2v) is 6.14. The van der Waals surface area contributed by atoms with Crippen LogP contribution in [-0.4, -0.2) is 11.8 Å². The maximum atomic E-state index is 12.4. The van der Waals surface area contributed by atoms with Crippen molar-refractivity contribution in [2.24, 2.45) is 0 Å². The second-order valence-electron chi connectivity index (χ2n) is 4.06. The molecule has 0 aliphatic carbocycles. The van der Waals surface area contributed by atoms with Crippen LogP contribution in [0.25, 0.3) is 0 Å². The zero-order chi connectivity index (χ0) is 13.6. The lowest BCUT2D eigenvalue weighted by molar-refractivity contribution is -0.117. The number of imide groups is 1. The zero-order valence-electron chi connectivity index (χ0n) is 9.52. The minimum absolute atomic E-state index is 0.108. The number of anilines is 1. The Morgan fingerprint density at radius 2 is 2.05 bits per heavy atom. The molecule has 1 aromatic carbocycles. The van der Waals surface area contributed by atoms with Crippen molar-refractivity contribution in [1.82, 2.24) is 0 Å². The molecule has 0 bridgehead atoms. The van der Waals surface area contributed by atoms with Gasteiger partial charge in [-0.05, 0) is 46.9 Å². The largest absolute Gasteiger partial charge is 0.468 e. The number of benzene rings is 1. The van der Waals surface area contributed by atoms with E-state index in [1.165, 1.54) is 11.2 Å². The van der Waals surface area contributed by atoms with Crippen LogP contribution in [0.3, 0.4) is 0 Å². The van der Waals surface area contributed by atoms with Gasteiger partial charge in [-0.15, -0.1) is 0 Å². The summed E-state index contributed by atoms with van der Waals surface area (Å²) in [6.45, 7) is 0. The van der Waals surface area contributed by atoms with E-state index in [1.807, 2.05) is 12.1 Å². The van der Waals surface area contributed by atoms with Gasteiger partial charge in [0.25, 0.3) is 5.91 Å². The summed E-state index contributed by atoms with van der Waals surface area (Å²) in [5, 5.41) is 0. The molecule has 3 rings (SSSR count). The predicted octanol–water partition coefficient (Wildman–Crippen LogP) is 3.38. The van der Waals surface area contributed by atoms with Crippen LogP contribution in [-0.2, 0) is 11.2 Å². The van der Waals surface area contributed by atoms with Crippen LogP contribution in [0.1, 0.15) is 16.1 Å². The molecule has 1 aliphatic heterocycles. The van der Waals surface area contributed by atoms with Crippen LogP contribution in [0.2, 0.25) is 0 Å². The summed E-state index contributed by atoms with van der Waals surface area (Å²) in [5.74, 6) is -0.171. The Bertz CT molecular complexity index is 695. The number of carbonyl (C=O) groups excluding carboxylic acids is 2. The molecular weight excluding hydrogens is 425 g/mol. The van der Waals surface area contributed by atoms with E-state index in [2.05, 4.69) is 38.5 Å². The number of amides is 2. The van der Waals surface area contributed by atoms with Gasteiger partial charge in [0.1, 0.15) is 5.76 Å². The van der Waals surface area contributed by atoms with Gasteiger partial charge in [-0.1, -0.05) is 15.9 Å². The normalized spacial score (nSPS) is 14.7. The average Bonchev–Trinajstić information content (AvgIpc) is 2.82. The fourth-order valence-corrected chi connectivity index (χ4v) is 2.94. The highest BCUT2D eigenvalue weighted by atomic mass is 127. The molecule has 1 aromatic heterocycles. The smallest absolute Gasteiger partial charge is 0.268 e. The topological polar surface area (TPSA) is 50.5 Å². The lowest BCUT2D eigenvalue weighted by atomic mass is 10.1. The molecule has 2 amide bonds. The summed E-state index contributed by atoms with van der Waals surface area (Å²) in [6, 6.07) is 7.09. The highest BCUT2D eigenvalue weighted by Crippen LogP contribution is 2.31. The Kier molecular flexibility index (Phi) is 3.22. The van der Waals surface area contributed by atoms with Gasteiger partial charge in [0, 0.05) is 8.04 Å². The SMILES string of the molecule is O=C1Cc2occc2C(=O)N1c1cc(Br)ccc1I. The highest BCUT2D eigenvalue weighted by molar-refractivity contribution is 14.1. The van der Waals surface area contributed by atoms with Crippen molar-refractivity contribution in [1.29, 1.82) is 0 Å². The third kappa shape index (κ3) is 2.12. The Labute approximate surface area is 131 Å². The monoisotopic (exact) mass is 431 g/mol. The third-order valence-corrected chi connectivity index (χ3v) is 4.29. The Morgan fingerprint density at radius 1 is 1.26 bits per heavy atom. The van der Waals surface area contributed by atoms with Crippen LogP contribution in [0.15, 0.2) is 39.4 Å². The first-order chi connectivity index (χ1) is 9.08. The molecule has 1 aliphatic rings. The molecule has 0 radical (unpaired) electrons. The number of halogens is 2. The van der Waals surface area contributed by atoms with Crippen molar-refractivity contribution in [3.05, 3.63) is 49.9 Å². The molecule has 2 heterocycles. The van der Waals surface area contributed by atoms with Crippen LogP contribution in [0, 0.1) is 3.57 Å². The summed E-state index contributed by atoms with van der Waals surface area (Å²) >= 11 is 5.46. The van der Waals surface area contributed by atoms with E-state index in [-0.39, 0.29) is 18.2 Å². The molecule has 0 saturated heterocycles. The van der Waals surface area contributed by atoms with Gasteiger partial charge in [0.05, 0.1) is 23.9 Å². The Hall–Kier alpha value is -1.15. The molecule has 4 nitrogen and oxygen atoms in total. The van der Waals surface area contributed by atoms with E-state index in [1.54, 1.807) is 12.1 Å². The standard InChI is InChI=1S/C13H7BrINO3/c14-7-1-2-9(15)10(5-7)16-12(17)6-11-8(13(16)18)3-4-19-11/h1-5H,6H2. The van der Waals surface area contributed by atoms with Crippen molar-refractivity contribution >= 4 is 56.0 Å². The first-order valence-corrected chi connectivity index (χ1v) is 7.34. The molecule has 96 valence electrons. The van der Waals surface area contributed by atoms with Gasteiger partial charge in [0.2, 0.25) is 5.91 Å². The number of fused-ring (bicyclic) bond motifs is 1. The van der Waals surface area contributed by atoms with E-state index in [0.29, 0.717) is 17.0 Å². The first kappa shape index (κ1) is 12.9. The van der Waals surface area contributed by atoms with E-state index in [4.69, 9.17) is 4.42 Å². The maximum Gasteiger partial charge on any atom is 0.268 e. The van der Waals surface area contributed by atoms with Crippen molar-refractivity contribution in [2.75, 3.05) is 4.90 Å². The molecule has 2 aromatic rings. The Balaban J connectivity index is 2.13. The summed E-state index contributed by atoms with van der Waals surface area (Å²) in [6.07, 6.45) is 1.54. The zero-order valence-corrected chi connectivity index (χ0v) is 13.3. The quantitative estimate of drug-likeness (QED) is 0.513. The van der Waals surface area contributed by atoms with Crippen molar-refractivity contribution in [3.8, 4) is 0 Å². The van der Waals surface area contributed by atoms with Crippen LogP contribution in [0.5, 0.6) is 0 Å². The van der Waals surface area contributed by atoms with Gasteiger partial charge >= 0.3 is 0 Å². The van der Waals surface area contributed by atoms with Crippen LogP contribution >= 0.6 is 38.5 Å². The summed E-state index contributed by atoms with van der Waals surface area (Å²) in [7, 11) is 0. The van der Waals surface area contributed by atoms with E-state index in [0.717, 1.165) is 8.04 Å². The van der Waals surface area contributed by atoms with Gasteiger partial charge in [-0.2, -0.15) is 0 Å². The number of nitrogens with zero attached hydrogens (tertiary/aromatic N) is 1. The number of carbonyl (C=O) groups is 2. The van der Waals surface area contributed by atoms with E-state index < -0.39 is 0 Å². The summed E-state index contributed by atoms with van der Waals surface area (Å²) in [5.41, 5.74) is 1.05. The van der Waals surface area contributed by atoms with Gasteiger partial charge < -0.3 is 4.42 Å². The Morgan fingerprint density at radius 3 is 2.84 bits per heavy atom. The fraction of sp³-hybridized carbons (Fsp3) is 0.0769. The van der Waals surface area contributed by atoms with Crippen LogP contribution < -0.4 is 4.90 Å². The highest BCUT2D eigenvalue weighted by Gasteiger charge is 2.35. The fourth-order valence-electron chi connectivity index (χ4n) is 2.02. The molecule has 6 heteroatoms. The van der Waals surface area contributed by atoms with Crippen molar-refractivity contribution < 1.29 is 14.0 Å². The predicted molar refractivity (Wildman–Crippen MR) is 81.1 cm³/mol. The van der Waals surface area contributed by atoms with Crippen molar-refractivity contribution in [2.45, 2.75) is 6.42 Å². The lowest BCUT2D eigenvalue weighted by Crippen LogP contribution is -2.42. The van der Waals surface area contributed by atoms with Gasteiger partial charge in [-0.25, -0.2) is 4.90 Å². The second kappa shape index (κ2) is 4.75. The summed E-state index contributed by atoms with van der Waals surface area (Å²) < 4.78 is 6.82. The van der Waals surface area contributed by atoms with Crippen molar-refractivity contribution in [3.63, 3.8) is 0 Å². The lowest BCUT2D eigenvalue weighted by Gasteiger charge is -2.25. The maximum absolute atomic E-state index is 12.4. The third-order valence-electron chi connectivity index (χ3n) is 2.89. The molecule has 0 atom stereocenters. The molecular formula is C13H7BrINO3. The number of hydrogen-bond donors (Lipinski definition) is 0. The van der Waals surface area contributed by atoms with E-state index in [9.17, 15) is 9.59 Å². The van der Waals surface area contributed by atoms with Gasteiger partial charge in [-0.3, -0.25) is 9.59 Å². The molecule has 0 spiro atoms. The number of rotatable bonds is 1. The summed E-state index contributed by atoms with van der Waals surface area (Å²) in [4.78, 5) is 25.7. The molecule has 19 heavy (non-hydrogen) atoms. The van der Waals surface area contributed by atoms with E-state index >= 15 is 0 Å². The molecule has 0 fully saturated rings. The minimum Gasteiger partial charge on any atom is -0.468 e. The van der Waals surface area contributed by atoms with Gasteiger partial charge in [0.15, 0.2) is 0 Å². The minimum atomic E-state index is -0.337.